The van der Waals surface area contributed by atoms with Crippen LogP contribution in [0.2, 0.25) is 0 Å². The number of rotatable bonds is 5. The van der Waals surface area contributed by atoms with Crippen LogP contribution >= 0.6 is 0 Å². The molecule has 0 aromatic heterocycles. The maximum atomic E-state index is 6.55. The molecule has 266 valence electrons. The van der Waals surface area contributed by atoms with Crippen molar-refractivity contribution in [3.05, 3.63) is 239 Å². The number of para-hydroxylation sites is 2. The van der Waals surface area contributed by atoms with Gasteiger partial charge in [0.05, 0.1) is 17.2 Å². The van der Waals surface area contributed by atoms with E-state index in [4.69, 9.17) is 9.73 Å². The first-order valence-electron chi connectivity index (χ1n) is 19.3. The smallest absolute Gasteiger partial charge is 0.134 e. The lowest BCUT2D eigenvalue weighted by atomic mass is 9.67. The average Bonchev–Trinajstić information content (AvgIpc) is 3.57. The Hall–Kier alpha value is -7.17. The Morgan fingerprint density at radius 3 is 1.82 bits per heavy atom. The van der Waals surface area contributed by atoms with Crippen LogP contribution in [0.3, 0.4) is 0 Å². The van der Waals surface area contributed by atoms with E-state index in [1.807, 2.05) is 6.07 Å². The maximum absolute atomic E-state index is 6.55. The summed E-state index contributed by atoms with van der Waals surface area (Å²) in [5, 5.41) is 7.55. The van der Waals surface area contributed by atoms with E-state index in [-0.39, 0.29) is 6.04 Å². The van der Waals surface area contributed by atoms with Gasteiger partial charge < -0.3 is 15.4 Å². The normalized spacial score (nSPS) is 17.0. The van der Waals surface area contributed by atoms with Gasteiger partial charge >= 0.3 is 0 Å². The second-order valence-electron chi connectivity index (χ2n) is 14.7. The van der Waals surface area contributed by atoms with Gasteiger partial charge in [-0.15, -0.1) is 0 Å². The quantitative estimate of drug-likeness (QED) is 0.186. The Labute approximate surface area is 326 Å². The number of ether oxygens (including phenoxy) is 1. The summed E-state index contributed by atoms with van der Waals surface area (Å²) in [6.45, 7) is 0.785. The fraction of sp³-hybridized carbons (Fsp3) is 0.0577. The molecule has 2 N–H and O–H groups in total. The van der Waals surface area contributed by atoms with Gasteiger partial charge in [-0.05, 0) is 68.8 Å². The summed E-state index contributed by atoms with van der Waals surface area (Å²) in [4.78, 5) is 5.19. The summed E-state index contributed by atoms with van der Waals surface area (Å²) in [6.07, 6.45) is 6.75. The van der Waals surface area contributed by atoms with Crippen molar-refractivity contribution >= 4 is 17.1 Å². The molecular weight excluding hydrogens is 683 g/mol. The van der Waals surface area contributed by atoms with Crippen LogP contribution in [0.15, 0.2) is 205 Å². The first-order valence-corrected chi connectivity index (χ1v) is 19.3. The van der Waals surface area contributed by atoms with Crippen molar-refractivity contribution in [1.82, 2.24) is 10.6 Å². The number of nitrogens with one attached hydrogen (secondary N) is 2. The Bertz CT molecular complexity index is 2730. The van der Waals surface area contributed by atoms with E-state index in [9.17, 15) is 0 Å². The molecule has 7 aromatic rings. The molecule has 0 bridgehead atoms. The van der Waals surface area contributed by atoms with Gasteiger partial charge in [0.2, 0.25) is 0 Å². The molecule has 7 aromatic carbocycles. The predicted molar refractivity (Wildman–Crippen MR) is 227 cm³/mol. The summed E-state index contributed by atoms with van der Waals surface area (Å²) < 4.78 is 6.55. The van der Waals surface area contributed by atoms with E-state index in [2.05, 4.69) is 199 Å². The van der Waals surface area contributed by atoms with Crippen molar-refractivity contribution in [2.45, 2.75) is 11.5 Å². The number of allylic oxidation sites excluding steroid dienone is 3. The standard InChI is InChI=1S/C52H37N3O/c1-3-12-34(13-4-1)35-21-25-37(26-22-35)46-33-47(55-51(54-46)39-14-5-2-6-15-39)38-27-23-36(24-28-38)40-29-30-41-42-16-11-31-53-50(42)52(45(41)32-40)43-17-7-9-19-48(43)56-49-20-10-8-18-44(49)52/h1-30,32-33,46,53H,31H2,(H,54,55). The largest absolute Gasteiger partial charge is 0.457 e. The molecule has 11 rings (SSSR count). The molecule has 56 heavy (non-hydrogen) atoms. The molecule has 0 radical (unpaired) electrons. The minimum atomic E-state index is -0.520. The highest BCUT2D eigenvalue weighted by Gasteiger charge is 2.52. The summed E-state index contributed by atoms with van der Waals surface area (Å²) in [7, 11) is 0. The summed E-state index contributed by atoms with van der Waals surface area (Å²) in [5.74, 6) is 2.66. The van der Waals surface area contributed by atoms with Gasteiger partial charge in [-0.1, -0.05) is 170 Å². The molecule has 1 spiro atoms. The van der Waals surface area contributed by atoms with Crippen LogP contribution in [0.1, 0.15) is 45.0 Å². The zero-order valence-electron chi connectivity index (χ0n) is 30.6. The maximum Gasteiger partial charge on any atom is 0.134 e. The van der Waals surface area contributed by atoms with Crippen molar-refractivity contribution in [3.8, 4) is 33.8 Å². The Morgan fingerprint density at radius 2 is 1.11 bits per heavy atom. The number of fused-ring (bicyclic) bond motifs is 8. The third kappa shape index (κ3) is 5.10. The van der Waals surface area contributed by atoms with Crippen molar-refractivity contribution in [3.63, 3.8) is 0 Å². The zero-order chi connectivity index (χ0) is 37.1. The van der Waals surface area contributed by atoms with Crippen LogP contribution in [0.4, 0.5) is 0 Å². The molecule has 3 aliphatic heterocycles. The van der Waals surface area contributed by atoms with Gasteiger partial charge in [0.15, 0.2) is 0 Å². The minimum Gasteiger partial charge on any atom is -0.457 e. The second-order valence-corrected chi connectivity index (χ2v) is 14.7. The van der Waals surface area contributed by atoms with Gasteiger partial charge in [-0.3, -0.25) is 0 Å². The Morgan fingerprint density at radius 1 is 0.536 bits per heavy atom. The minimum absolute atomic E-state index is 0.0403. The molecule has 1 atom stereocenters. The van der Waals surface area contributed by atoms with E-state index in [0.717, 1.165) is 57.4 Å². The molecule has 0 saturated carbocycles. The van der Waals surface area contributed by atoms with Gasteiger partial charge in [0.1, 0.15) is 17.3 Å². The van der Waals surface area contributed by atoms with Crippen LogP contribution in [0, 0.1) is 0 Å². The van der Waals surface area contributed by atoms with Crippen molar-refractivity contribution in [1.29, 1.82) is 0 Å². The summed E-state index contributed by atoms with van der Waals surface area (Å²) >= 11 is 0. The molecule has 0 fully saturated rings. The number of aliphatic imine (C=N–C) groups is 1. The average molecular weight is 720 g/mol. The summed E-state index contributed by atoms with van der Waals surface area (Å²) in [5.41, 5.74) is 15.8. The third-order valence-corrected chi connectivity index (χ3v) is 11.6. The van der Waals surface area contributed by atoms with Crippen LogP contribution in [0.5, 0.6) is 11.5 Å². The van der Waals surface area contributed by atoms with Crippen LogP contribution < -0.4 is 15.4 Å². The van der Waals surface area contributed by atoms with E-state index < -0.39 is 5.41 Å². The monoisotopic (exact) mass is 719 g/mol. The molecule has 1 aliphatic carbocycles. The highest BCUT2D eigenvalue weighted by Crippen LogP contribution is 2.61. The lowest BCUT2D eigenvalue weighted by Crippen LogP contribution is -2.39. The molecule has 4 aliphatic rings. The first-order chi connectivity index (χ1) is 27.7. The second kappa shape index (κ2) is 13.0. The van der Waals surface area contributed by atoms with Crippen LogP contribution in [-0.2, 0) is 5.41 Å². The molecular formula is C52H37N3O. The molecule has 4 nitrogen and oxygen atoms in total. The SMILES string of the molecule is C1=CC2=C(NC1)C1(c3ccccc3Oc3ccccc31)c1cc(-c3ccc(C4=CC(c5ccc(-c6ccccc6)cc5)NC(c5ccccc5)=N4)cc3)ccc12. The zero-order valence-corrected chi connectivity index (χ0v) is 30.6. The van der Waals surface area contributed by atoms with Crippen molar-refractivity contribution < 1.29 is 4.74 Å². The Balaban J connectivity index is 0.985. The fourth-order valence-corrected chi connectivity index (χ4v) is 9.00. The lowest BCUT2D eigenvalue weighted by molar-refractivity contribution is 0.429. The van der Waals surface area contributed by atoms with Crippen molar-refractivity contribution in [2.75, 3.05) is 6.54 Å². The number of nitrogens with zero attached hydrogens (tertiary/aromatic N) is 1. The van der Waals surface area contributed by atoms with Gasteiger partial charge in [-0.25, -0.2) is 4.99 Å². The fourth-order valence-electron chi connectivity index (χ4n) is 9.00. The predicted octanol–water partition coefficient (Wildman–Crippen LogP) is 11.5. The number of hydrogen-bond acceptors (Lipinski definition) is 4. The van der Waals surface area contributed by atoms with Crippen molar-refractivity contribution in [2.24, 2.45) is 4.99 Å². The molecule has 0 saturated heterocycles. The molecule has 0 amide bonds. The molecule has 1 unspecified atom stereocenters. The summed E-state index contributed by atoms with van der Waals surface area (Å²) in [6, 6.07) is 62.6. The van der Waals surface area contributed by atoms with Gasteiger partial charge in [-0.2, -0.15) is 0 Å². The van der Waals surface area contributed by atoms with Gasteiger partial charge in [0, 0.05) is 34.5 Å². The van der Waals surface area contributed by atoms with E-state index in [1.54, 1.807) is 0 Å². The number of dihydropyridines is 1. The lowest BCUT2D eigenvalue weighted by Gasteiger charge is -2.41. The van der Waals surface area contributed by atoms with E-state index in [1.165, 1.54) is 44.7 Å². The van der Waals surface area contributed by atoms with Gasteiger partial charge in [0.25, 0.3) is 0 Å². The number of amidine groups is 1. The number of hydrogen-bond donors (Lipinski definition) is 2. The highest BCUT2D eigenvalue weighted by atomic mass is 16.5. The molecule has 4 heteroatoms. The highest BCUT2D eigenvalue weighted by molar-refractivity contribution is 6.03. The molecule has 3 heterocycles. The van der Waals surface area contributed by atoms with E-state index >= 15 is 0 Å². The van der Waals surface area contributed by atoms with E-state index in [0.29, 0.717) is 0 Å². The first kappa shape index (κ1) is 32.3. The third-order valence-electron chi connectivity index (χ3n) is 11.6. The number of benzene rings is 7. The van der Waals surface area contributed by atoms with Crippen LogP contribution in [0.25, 0.3) is 33.5 Å². The topological polar surface area (TPSA) is 45.6 Å². The Kier molecular flexibility index (Phi) is 7.49. The van der Waals surface area contributed by atoms with Crippen LogP contribution in [-0.4, -0.2) is 12.4 Å².